The topological polar surface area (TPSA) is 81.9 Å². The third-order valence-corrected chi connectivity index (χ3v) is 5.17. The van der Waals surface area contributed by atoms with E-state index in [0.29, 0.717) is 37.8 Å². The van der Waals surface area contributed by atoms with E-state index in [1.807, 2.05) is 12.1 Å². The van der Waals surface area contributed by atoms with E-state index in [1.54, 1.807) is 12.1 Å². The molecular formula is C13H20N2O4S. The van der Waals surface area contributed by atoms with E-state index in [0.717, 1.165) is 18.4 Å². The summed E-state index contributed by atoms with van der Waals surface area (Å²) in [6.07, 6.45) is 1.63. The van der Waals surface area contributed by atoms with Gasteiger partial charge < -0.3 is 9.57 Å². The minimum atomic E-state index is -3.40. The lowest BCUT2D eigenvalue weighted by molar-refractivity contribution is 0.0730. The molecule has 2 rings (SSSR count). The number of morpholine rings is 1. The quantitative estimate of drug-likeness (QED) is 0.612. The lowest BCUT2D eigenvalue weighted by Gasteiger charge is -2.26. The van der Waals surface area contributed by atoms with Crippen molar-refractivity contribution < 1.29 is 18.0 Å². The van der Waals surface area contributed by atoms with E-state index in [9.17, 15) is 8.42 Å². The van der Waals surface area contributed by atoms with Crippen molar-refractivity contribution >= 4 is 10.0 Å². The largest absolute Gasteiger partial charge is 0.379 e. The molecule has 1 fully saturated rings. The predicted octanol–water partition coefficient (Wildman–Crippen LogP) is 0.530. The van der Waals surface area contributed by atoms with E-state index in [4.69, 9.17) is 10.6 Å². The van der Waals surface area contributed by atoms with E-state index < -0.39 is 10.0 Å². The minimum absolute atomic E-state index is 0.332. The van der Waals surface area contributed by atoms with Crippen molar-refractivity contribution in [2.24, 2.45) is 5.90 Å². The smallest absolute Gasteiger partial charge is 0.243 e. The third kappa shape index (κ3) is 3.77. The van der Waals surface area contributed by atoms with Crippen LogP contribution in [0.5, 0.6) is 0 Å². The molecule has 1 aliphatic heterocycles. The van der Waals surface area contributed by atoms with Crippen LogP contribution in [0.1, 0.15) is 12.0 Å². The number of nitrogens with two attached hydrogens (primary N) is 1. The Labute approximate surface area is 119 Å². The van der Waals surface area contributed by atoms with Gasteiger partial charge in [0, 0.05) is 13.1 Å². The Balaban J connectivity index is 2.04. The van der Waals surface area contributed by atoms with Crippen LogP contribution in [0.4, 0.5) is 0 Å². The summed E-state index contributed by atoms with van der Waals surface area (Å²) in [5.41, 5.74) is 1.07. The SMILES string of the molecule is NOCCCc1ccc(S(=O)(=O)N2CCOCC2)cc1. The number of nitrogens with zero attached hydrogens (tertiary/aromatic N) is 1. The summed E-state index contributed by atoms with van der Waals surface area (Å²) in [6.45, 7) is 2.23. The molecule has 1 heterocycles. The van der Waals surface area contributed by atoms with Gasteiger partial charge in [-0.05, 0) is 30.5 Å². The molecule has 0 atom stereocenters. The van der Waals surface area contributed by atoms with Crippen LogP contribution in [-0.4, -0.2) is 45.6 Å². The molecule has 2 N–H and O–H groups in total. The Morgan fingerprint density at radius 1 is 1.20 bits per heavy atom. The van der Waals surface area contributed by atoms with Crippen LogP contribution in [-0.2, 0) is 26.0 Å². The van der Waals surface area contributed by atoms with Crippen molar-refractivity contribution in [3.8, 4) is 0 Å². The van der Waals surface area contributed by atoms with Gasteiger partial charge in [-0.3, -0.25) is 0 Å². The van der Waals surface area contributed by atoms with Crippen molar-refractivity contribution in [1.82, 2.24) is 4.31 Å². The number of hydrogen-bond donors (Lipinski definition) is 1. The normalized spacial score (nSPS) is 17.2. The summed E-state index contributed by atoms with van der Waals surface area (Å²) < 4.78 is 31.4. The second-order valence-electron chi connectivity index (χ2n) is 4.63. The predicted molar refractivity (Wildman–Crippen MR) is 74.5 cm³/mol. The van der Waals surface area contributed by atoms with Gasteiger partial charge in [-0.1, -0.05) is 12.1 Å². The summed E-state index contributed by atoms with van der Waals surface area (Å²) in [5.74, 6) is 4.96. The first kappa shape index (κ1) is 15.4. The van der Waals surface area contributed by atoms with Crippen LogP contribution in [0.3, 0.4) is 0 Å². The molecule has 0 unspecified atom stereocenters. The summed E-state index contributed by atoms with van der Waals surface area (Å²) >= 11 is 0. The molecule has 6 nitrogen and oxygen atoms in total. The second kappa shape index (κ2) is 7.14. The number of rotatable bonds is 6. The number of aryl methyl sites for hydroxylation is 1. The molecular weight excluding hydrogens is 280 g/mol. The maximum absolute atomic E-state index is 12.4. The fourth-order valence-corrected chi connectivity index (χ4v) is 3.53. The summed E-state index contributed by atoms with van der Waals surface area (Å²) in [6, 6.07) is 6.99. The molecule has 1 aliphatic rings. The average molecular weight is 300 g/mol. The molecule has 20 heavy (non-hydrogen) atoms. The highest BCUT2D eigenvalue weighted by molar-refractivity contribution is 7.89. The van der Waals surface area contributed by atoms with Crippen molar-refractivity contribution in [3.05, 3.63) is 29.8 Å². The fraction of sp³-hybridized carbons (Fsp3) is 0.538. The lowest BCUT2D eigenvalue weighted by atomic mass is 10.1. The van der Waals surface area contributed by atoms with Gasteiger partial charge in [0.25, 0.3) is 0 Å². The van der Waals surface area contributed by atoms with Gasteiger partial charge in [0.05, 0.1) is 24.7 Å². The van der Waals surface area contributed by atoms with Crippen molar-refractivity contribution in [2.75, 3.05) is 32.9 Å². The lowest BCUT2D eigenvalue weighted by Crippen LogP contribution is -2.40. The summed E-state index contributed by atoms with van der Waals surface area (Å²) in [4.78, 5) is 4.84. The molecule has 1 aromatic rings. The molecule has 0 bridgehead atoms. The first-order chi connectivity index (χ1) is 9.64. The molecule has 1 saturated heterocycles. The zero-order valence-electron chi connectivity index (χ0n) is 11.3. The van der Waals surface area contributed by atoms with E-state index >= 15 is 0 Å². The highest BCUT2D eigenvalue weighted by Crippen LogP contribution is 2.18. The maximum atomic E-state index is 12.4. The van der Waals surface area contributed by atoms with Crippen molar-refractivity contribution in [3.63, 3.8) is 0 Å². The van der Waals surface area contributed by atoms with Crippen LogP contribution >= 0.6 is 0 Å². The monoisotopic (exact) mass is 300 g/mol. The zero-order valence-corrected chi connectivity index (χ0v) is 12.1. The molecule has 112 valence electrons. The van der Waals surface area contributed by atoms with E-state index in [2.05, 4.69) is 4.84 Å². The number of sulfonamides is 1. The van der Waals surface area contributed by atoms with Crippen LogP contribution in [0.25, 0.3) is 0 Å². The fourth-order valence-electron chi connectivity index (χ4n) is 2.12. The standard InChI is InChI=1S/C13H20N2O4S/c14-19-9-1-2-12-3-5-13(6-4-12)20(16,17)15-7-10-18-11-8-15/h3-6H,1-2,7-11,14H2. The van der Waals surface area contributed by atoms with Gasteiger partial charge >= 0.3 is 0 Å². The van der Waals surface area contributed by atoms with E-state index in [-0.39, 0.29) is 0 Å². The second-order valence-corrected chi connectivity index (χ2v) is 6.57. The van der Waals surface area contributed by atoms with Crippen molar-refractivity contribution in [1.29, 1.82) is 0 Å². The Morgan fingerprint density at radius 2 is 1.85 bits per heavy atom. The average Bonchev–Trinajstić information content (AvgIpc) is 2.49. The first-order valence-electron chi connectivity index (χ1n) is 6.63. The zero-order chi connectivity index (χ0) is 14.4. The van der Waals surface area contributed by atoms with Crippen LogP contribution < -0.4 is 5.90 Å². The molecule has 0 amide bonds. The molecule has 1 aromatic carbocycles. The number of ether oxygens (including phenoxy) is 1. The Hall–Kier alpha value is -0.990. The highest BCUT2D eigenvalue weighted by Gasteiger charge is 2.25. The Morgan fingerprint density at radius 3 is 2.45 bits per heavy atom. The molecule has 7 heteroatoms. The molecule has 0 spiro atoms. The van der Waals surface area contributed by atoms with Gasteiger partial charge in [0.1, 0.15) is 0 Å². The molecule has 0 aliphatic carbocycles. The van der Waals surface area contributed by atoms with Crippen LogP contribution in [0.2, 0.25) is 0 Å². The number of benzene rings is 1. The number of hydrogen-bond acceptors (Lipinski definition) is 5. The third-order valence-electron chi connectivity index (χ3n) is 3.26. The summed E-state index contributed by atoms with van der Waals surface area (Å²) in [7, 11) is -3.40. The van der Waals surface area contributed by atoms with Gasteiger partial charge in [-0.25, -0.2) is 14.3 Å². The summed E-state index contributed by atoms with van der Waals surface area (Å²) in [5, 5.41) is 0. The molecule has 0 aromatic heterocycles. The molecule has 0 saturated carbocycles. The molecule has 0 radical (unpaired) electrons. The van der Waals surface area contributed by atoms with Gasteiger partial charge in [-0.15, -0.1) is 0 Å². The van der Waals surface area contributed by atoms with E-state index in [1.165, 1.54) is 4.31 Å². The highest BCUT2D eigenvalue weighted by atomic mass is 32.2. The minimum Gasteiger partial charge on any atom is -0.379 e. The Bertz CT molecular complexity index is 510. The van der Waals surface area contributed by atoms with Crippen LogP contribution in [0, 0.1) is 0 Å². The first-order valence-corrected chi connectivity index (χ1v) is 8.07. The maximum Gasteiger partial charge on any atom is 0.243 e. The van der Waals surface area contributed by atoms with Gasteiger partial charge in [0.2, 0.25) is 10.0 Å². The van der Waals surface area contributed by atoms with Gasteiger partial charge in [0.15, 0.2) is 0 Å². The van der Waals surface area contributed by atoms with Crippen LogP contribution in [0.15, 0.2) is 29.2 Å². The Kier molecular flexibility index (Phi) is 5.50. The van der Waals surface area contributed by atoms with Gasteiger partial charge in [-0.2, -0.15) is 4.31 Å². The van der Waals surface area contributed by atoms with Crippen molar-refractivity contribution in [2.45, 2.75) is 17.7 Å².